The summed E-state index contributed by atoms with van der Waals surface area (Å²) in [7, 11) is 0. The fraction of sp³-hybridized carbons (Fsp3) is 1.00. The molecule has 0 radical (unpaired) electrons. The Morgan fingerprint density at radius 2 is 1.86 bits per heavy atom. The molecular formula is C11H21FN2. The standard InChI is InChI=1S/C11H21FN2/c12-11(5-7-13-8-6-11)9-14-10-3-1-2-4-10/h10,13-14H,1-9H2. The lowest BCUT2D eigenvalue weighted by atomic mass is 9.94. The molecule has 2 rings (SSSR count). The average molecular weight is 200 g/mol. The normalized spacial score (nSPS) is 28.1. The lowest BCUT2D eigenvalue weighted by Crippen LogP contribution is -2.47. The Morgan fingerprint density at radius 1 is 1.21 bits per heavy atom. The molecule has 0 unspecified atom stereocenters. The summed E-state index contributed by atoms with van der Waals surface area (Å²) < 4.78 is 14.1. The molecule has 0 spiro atoms. The third-order valence-corrected chi connectivity index (χ3v) is 3.56. The number of piperidine rings is 1. The van der Waals surface area contributed by atoms with Gasteiger partial charge < -0.3 is 10.6 Å². The van der Waals surface area contributed by atoms with Crippen LogP contribution in [0.15, 0.2) is 0 Å². The summed E-state index contributed by atoms with van der Waals surface area (Å²) in [6, 6.07) is 0.595. The first-order chi connectivity index (χ1) is 6.79. The van der Waals surface area contributed by atoms with Crippen molar-refractivity contribution in [1.29, 1.82) is 0 Å². The van der Waals surface area contributed by atoms with E-state index in [9.17, 15) is 4.39 Å². The van der Waals surface area contributed by atoms with Crippen LogP contribution in [0.3, 0.4) is 0 Å². The fourth-order valence-corrected chi connectivity index (χ4v) is 2.51. The van der Waals surface area contributed by atoms with E-state index in [-0.39, 0.29) is 0 Å². The first-order valence-corrected chi connectivity index (χ1v) is 5.92. The quantitative estimate of drug-likeness (QED) is 0.723. The minimum atomic E-state index is -0.937. The van der Waals surface area contributed by atoms with E-state index in [0.717, 1.165) is 13.1 Å². The summed E-state index contributed by atoms with van der Waals surface area (Å²) in [6.07, 6.45) is 6.47. The molecule has 0 aromatic carbocycles. The minimum absolute atomic E-state index is 0.569. The maximum Gasteiger partial charge on any atom is 0.125 e. The van der Waals surface area contributed by atoms with Crippen molar-refractivity contribution in [2.45, 2.75) is 50.2 Å². The molecule has 0 bridgehead atoms. The van der Waals surface area contributed by atoms with E-state index in [1.807, 2.05) is 0 Å². The second kappa shape index (κ2) is 4.58. The van der Waals surface area contributed by atoms with Crippen LogP contribution in [0.4, 0.5) is 4.39 Å². The summed E-state index contributed by atoms with van der Waals surface area (Å²) in [6.45, 7) is 2.24. The molecule has 1 aliphatic carbocycles. The molecule has 2 fully saturated rings. The molecule has 2 N–H and O–H groups in total. The Hall–Kier alpha value is -0.150. The summed E-state index contributed by atoms with van der Waals surface area (Å²) in [5, 5.41) is 6.59. The van der Waals surface area contributed by atoms with Crippen LogP contribution in [-0.4, -0.2) is 31.3 Å². The van der Waals surface area contributed by atoms with E-state index in [0.29, 0.717) is 25.4 Å². The highest BCUT2D eigenvalue weighted by atomic mass is 19.1. The molecule has 0 atom stereocenters. The minimum Gasteiger partial charge on any atom is -0.316 e. The third kappa shape index (κ3) is 2.67. The van der Waals surface area contributed by atoms with Crippen molar-refractivity contribution < 1.29 is 4.39 Å². The maximum atomic E-state index is 14.1. The smallest absolute Gasteiger partial charge is 0.125 e. The second-order valence-electron chi connectivity index (χ2n) is 4.76. The van der Waals surface area contributed by atoms with Crippen molar-refractivity contribution >= 4 is 0 Å². The molecule has 1 saturated carbocycles. The summed E-state index contributed by atoms with van der Waals surface area (Å²) >= 11 is 0. The van der Waals surface area contributed by atoms with Crippen LogP contribution in [0.25, 0.3) is 0 Å². The highest BCUT2D eigenvalue weighted by Crippen LogP contribution is 2.24. The van der Waals surface area contributed by atoms with Crippen molar-refractivity contribution in [3.8, 4) is 0 Å². The monoisotopic (exact) mass is 200 g/mol. The molecular weight excluding hydrogens is 179 g/mol. The Kier molecular flexibility index (Phi) is 3.39. The number of halogens is 1. The Morgan fingerprint density at radius 3 is 2.50 bits per heavy atom. The topological polar surface area (TPSA) is 24.1 Å². The molecule has 3 heteroatoms. The van der Waals surface area contributed by atoms with E-state index in [2.05, 4.69) is 10.6 Å². The van der Waals surface area contributed by atoms with Crippen molar-refractivity contribution in [2.75, 3.05) is 19.6 Å². The lowest BCUT2D eigenvalue weighted by Gasteiger charge is -2.31. The van der Waals surface area contributed by atoms with E-state index >= 15 is 0 Å². The molecule has 2 nitrogen and oxygen atoms in total. The number of alkyl halides is 1. The molecule has 0 aromatic heterocycles. The summed E-state index contributed by atoms with van der Waals surface area (Å²) in [5.74, 6) is 0. The number of rotatable bonds is 3. The van der Waals surface area contributed by atoms with Crippen molar-refractivity contribution in [3.05, 3.63) is 0 Å². The van der Waals surface area contributed by atoms with Gasteiger partial charge in [0.2, 0.25) is 0 Å². The van der Waals surface area contributed by atoms with Gasteiger partial charge in [0.1, 0.15) is 5.67 Å². The number of nitrogens with one attached hydrogen (secondary N) is 2. The van der Waals surface area contributed by atoms with Gasteiger partial charge in [-0.3, -0.25) is 0 Å². The van der Waals surface area contributed by atoms with Gasteiger partial charge in [0.25, 0.3) is 0 Å². The maximum absolute atomic E-state index is 14.1. The largest absolute Gasteiger partial charge is 0.316 e. The molecule has 2 aliphatic rings. The van der Waals surface area contributed by atoms with Gasteiger partial charge in [-0.25, -0.2) is 4.39 Å². The number of hydrogen-bond donors (Lipinski definition) is 2. The fourth-order valence-electron chi connectivity index (χ4n) is 2.51. The molecule has 0 aromatic rings. The van der Waals surface area contributed by atoms with E-state index in [4.69, 9.17) is 0 Å². The van der Waals surface area contributed by atoms with Gasteiger partial charge in [0.15, 0.2) is 0 Å². The van der Waals surface area contributed by atoms with Gasteiger partial charge >= 0.3 is 0 Å². The zero-order valence-corrected chi connectivity index (χ0v) is 8.82. The van der Waals surface area contributed by atoms with Crippen LogP contribution in [-0.2, 0) is 0 Å². The molecule has 1 saturated heterocycles. The van der Waals surface area contributed by atoms with Gasteiger partial charge in [-0.05, 0) is 38.8 Å². The van der Waals surface area contributed by atoms with Crippen LogP contribution in [0.1, 0.15) is 38.5 Å². The van der Waals surface area contributed by atoms with Crippen LogP contribution < -0.4 is 10.6 Å². The van der Waals surface area contributed by atoms with Gasteiger partial charge in [-0.1, -0.05) is 12.8 Å². The number of hydrogen-bond acceptors (Lipinski definition) is 2. The highest BCUT2D eigenvalue weighted by molar-refractivity contribution is 4.88. The van der Waals surface area contributed by atoms with Crippen molar-refractivity contribution in [1.82, 2.24) is 10.6 Å². The SMILES string of the molecule is FC1(CNC2CCCC2)CCNCC1. The molecule has 1 heterocycles. The average Bonchev–Trinajstić information content (AvgIpc) is 2.69. The lowest BCUT2D eigenvalue weighted by molar-refractivity contribution is 0.110. The molecule has 14 heavy (non-hydrogen) atoms. The predicted molar refractivity (Wildman–Crippen MR) is 56.2 cm³/mol. The third-order valence-electron chi connectivity index (χ3n) is 3.56. The van der Waals surface area contributed by atoms with Crippen LogP contribution >= 0.6 is 0 Å². The van der Waals surface area contributed by atoms with Gasteiger partial charge in [0.05, 0.1) is 0 Å². The van der Waals surface area contributed by atoms with Gasteiger partial charge in [-0.2, -0.15) is 0 Å². The zero-order chi connectivity index (χ0) is 9.86. The first kappa shape index (κ1) is 10.4. The van der Waals surface area contributed by atoms with Gasteiger partial charge in [-0.15, -0.1) is 0 Å². The zero-order valence-electron chi connectivity index (χ0n) is 8.82. The first-order valence-electron chi connectivity index (χ1n) is 5.92. The Bertz CT molecular complexity index is 172. The van der Waals surface area contributed by atoms with E-state index in [1.165, 1.54) is 25.7 Å². The van der Waals surface area contributed by atoms with E-state index in [1.54, 1.807) is 0 Å². The van der Waals surface area contributed by atoms with Crippen LogP contribution in [0.5, 0.6) is 0 Å². The Balaban J connectivity index is 1.72. The second-order valence-corrected chi connectivity index (χ2v) is 4.76. The van der Waals surface area contributed by atoms with Crippen LogP contribution in [0, 0.1) is 0 Å². The van der Waals surface area contributed by atoms with Gasteiger partial charge in [0, 0.05) is 12.6 Å². The molecule has 1 aliphatic heterocycles. The van der Waals surface area contributed by atoms with Crippen molar-refractivity contribution in [3.63, 3.8) is 0 Å². The van der Waals surface area contributed by atoms with E-state index < -0.39 is 5.67 Å². The summed E-state index contributed by atoms with van der Waals surface area (Å²) in [5.41, 5.74) is -0.937. The predicted octanol–water partition coefficient (Wildman–Crippen LogP) is 1.61. The molecule has 82 valence electrons. The Labute approximate surface area is 85.6 Å². The van der Waals surface area contributed by atoms with Crippen molar-refractivity contribution in [2.24, 2.45) is 0 Å². The summed E-state index contributed by atoms with van der Waals surface area (Å²) in [4.78, 5) is 0. The van der Waals surface area contributed by atoms with Crippen LogP contribution in [0.2, 0.25) is 0 Å². The molecule has 0 amide bonds. The highest BCUT2D eigenvalue weighted by Gasteiger charge is 2.32.